The summed E-state index contributed by atoms with van der Waals surface area (Å²) in [5, 5.41) is 24.5. The molecule has 2 aromatic rings. The van der Waals surface area contributed by atoms with Crippen molar-refractivity contribution in [3.8, 4) is 5.75 Å². The zero-order valence-corrected chi connectivity index (χ0v) is 21.7. The summed E-state index contributed by atoms with van der Waals surface area (Å²) in [5.41, 5.74) is 12.9. The number of aromatic amines is 1. The Bertz CT molecular complexity index is 1110. The van der Waals surface area contributed by atoms with E-state index in [1.54, 1.807) is 18.3 Å². The number of unbranched alkanes of at least 4 members (excludes halogenated alkanes) is 1. The van der Waals surface area contributed by atoms with E-state index in [0.717, 1.165) is 0 Å². The van der Waals surface area contributed by atoms with E-state index in [0.29, 0.717) is 43.5 Å². The molecule has 3 rings (SSSR count). The number of carboxylic acid groups (broad SMARTS) is 1. The smallest absolute Gasteiger partial charge is 0.326 e. The number of rotatable bonds is 14. The third-order valence-corrected chi connectivity index (χ3v) is 6.72. The number of phenolic OH excluding ortho intramolecular Hbond substituents is 1. The number of hydrogen-bond acceptors (Lipinski definition) is 8. The van der Waals surface area contributed by atoms with Gasteiger partial charge in [0.2, 0.25) is 17.7 Å². The van der Waals surface area contributed by atoms with Crippen LogP contribution in [0.1, 0.15) is 43.4 Å². The Kier molecular flexibility index (Phi) is 10.8. The lowest BCUT2D eigenvalue weighted by Crippen LogP contribution is -2.57. The molecule has 2 heterocycles. The molecule has 1 aliphatic heterocycles. The maximum absolute atomic E-state index is 13.7. The van der Waals surface area contributed by atoms with Crippen molar-refractivity contribution in [1.29, 1.82) is 0 Å². The Morgan fingerprint density at radius 3 is 2.49 bits per heavy atom. The van der Waals surface area contributed by atoms with Gasteiger partial charge in [-0.1, -0.05) is 12.1 Å². The molecular weight excluding hydrogens is 506 g/mol. The topological polar surface area (TPSA) is 217 Å². The molecule has 4 atom stereocenters. The average molecular weight is 544 g/mol. The molecule has 0 bridgehead atoms. The molecule has 0 aliphatic carbocycles. The highest BCUT2D eigenvalue weighted by atomic mass is 16.4. The quantitative estimate of drug-likeness (QED) is 0.151. The number of aliphatic carboxylic acids is 1. The van der Waals surface area contributed by atoms with Gasteiger partial charge in [-0.3, -0.25) is 14.4 Å². The van der Waals surface area contributed by atoms with E-state index < -0.39 is 47.9 Å². The van der Waals surface area contributed by atoms with Crippen molar-refractivity contribution < 1.29 is 29.4 Å². The van der Waals surface area contributed by atoms with E-state index >= 15 is 0 Å². The lowest BCUT2D eigenvalue weighted by Gasteiger charge is -2.30. The fourth-order valence-electron chi connectivity index (χ4n) is 4.59. The molecule has 0 saturated carbocycles. The molecule has 1 aromatic carbocycles. The normalized spacial score (nSPS) is 17.3. The predicted octanol–water partition coefficient (Wildman–Crippen LogP) is -0.598. The van der Waals surface area contributed by atoms with Crippen LogP contribution in [0.15, 0.2) is 36.8 Å². The Labute approximate surface area is 226 Å². The molecule has 39 heavy (non-hydrogen) atoms. The van der Waals surface area contributed by atoms with Gasteiger partial charge in [-0.15, -0.1) is 0 Å². The summed E-state index contributed by atoms with van der Waals surface area (Å²) in [6.45, 7) is 0.703. The van der Waals surface area contributed by atoms with Gasteiger partial charge in [0.25, 0.3) is 0 Å². The number of nitrogens with two attached hydrogens (primary N) is 2. The van der Waals surface area contributed by atoms with Gasteiger partial charge in [-0.2, -0.15) is 0 Å². The van der Waals surface area contributed by atoms with Crippen molar-refractivity contribution in [3.63, 3.8) is 0 Å². The van der Waals surface area contributed by atoms with E-state index in [-0.39, 0.29) is 31.6 Å². The van der Waals surface area contributed by atoms with E-state index in [9.17, 15) is 29.4 Å². The summed E-state index contributed by atoms with van der Waals surface area (Å²) in [4.78, 5) is 59.7. The molecule has 9 N–H and O–H groups in total. The zero-order valence-electron chi connectivity index (χ0n) is 21.7. The third kappa shape index (κ3) is 8.52. The van der Waals surface area contributed by atoms with Crippen LogP contribution in [0.4, 0.5) is 0 Å². The minimum Gasteiger partial charge on any atom is -0.508 e. The van der Waals surface area contributed by atoms with E-state index in [2.05, 4.69) is 20.6 Å². The first kappa shape index (κ1) is 29.6. The number of likely N-dealkylation sites (tertiary alicyclic amines) is 1. The van der Waals surface area contributed by atoms with Crippen LogP contribution in [0.5, 0.6) is 5.75 Å². The number of benzene rings is 1. The summed E-state index contributed by atoms with van der Waals surface area (Å²) in [7, 11) is 0. The molecule has 1 fully saturated rings. The number of imidazole rings is 1. The second kappa shape index (κ2) is 14.3. The number of amides is 3. The first-order chi connectivity index (χ1) is 18.7. The number of carbonyl (C=O) groups is 4. The van der Waals surface area contributed by atoms with Gasteiger partial charge in [0.15, 0.2) is 0 Å². The standard InChI is InChI=1S/C26H37N7O6/c27-10-2-1-4-20(26(38)39)31-24(36)22-5-3-11-33(22)25(37)21(12-16-6-8-18(34)9-7-16)32-23(35)19(28)13-17-14-29-15-30-17/h6-9,14-15,19-22,34H,1-5,10-13,27-28H2,(H,29,30)(H,31,36)(H,32,35)(H,38,39). The summed E-state index contributed by atoms with van der Waals surface area (Å²) < 4.78 is 0. The molecule has 0 radical (unpaired) electrons. The lowest BCUT2D eigenvalue weighted by atomic mass is 10.0. The zero-order chi connectivity index (χ0) is 28.4. The van der Waals surface area contributed by atoms with Crippen LogP contribution in [-0.2, 0) is 32.0 Å². The molecule has 13 heteroatoms. The Balaban J connectivity index is 1.74. The Morgan fingerprint density at radius 1 is 1.10 bits per heavy atom. The molecule has 1 saturated heterocycles. The maximum Gasteiger partial charge on any atom is 0.326 e. The minimum absolute atomic E-state index is 0.0583. The number of aromatic nitrogens is 2. The first-order valence-electron chi connectivity index (χ1n) is 13.0. The number of hydrogen-bond donors (Lipinski definition) is 7. The van der Waals surface area contributed by atoms with E-state index in [4.69, 9.17) is 11.5 Å². The van der Waals surface area contributed by atoms with E-state index in [1.165, 1.54) is 23.4 Å². The number of nitrogens with one attached hydrogen (secondary N) is 3. The van der Waals surface area contributed by atoms with Crippen molar-refractivity contribution in [3.05, 3.63) is 48.0 Å². The van der Waals surface area contributed by atoms with E-state index in [1.807, 2.05) is 0 Å². The van der Waals surface area contributed by atoms with Gasteiger partial charge in [0.05, 0.1) is 12.4 Å². The van der Waals surface area contributed by atoms with Crippen LogP contribution >= 0.6 is 0 Å². The van der Waals surface area contributed by atoms with Gasteiger partial charge in [-0.25, -0.2) is 9.78 Å². The van der Waals surface area contributed by atoms with Crippen molar-refractivity contribution in [2.75, 3.05) is 13.1 Å². The number of aromatic hydroxyl groups is 1. The van der Waals surface area contributed by atoms with Crippen LogP contribution in [0.2, 0.25) is 0 Å². The van der Waals surface area contributed by atoms with Crippen molar-refractivity contribution in [2.24, 2.45) is 11.5 Å². The third-order valence-electron chi connectivity index (χ3n) is 6.72. The summed E-state index contributed by atoms with van der Waals surface area (Å²) in [5.74, 6) is -2.67. The predicted molar refractivity (Wildman–Crippen MR) is 141 cm³/mol. The fourth-order valence-corrected chi connectivity index (χ4v) is 4.59. The highest BCUT2D eigenvalue weighted by Crippen LogP contribution is 2.21. The van der Waals surface area contributed by atoms with Gasteiger partial charge in [-0.05, 0) is 56.3 Å². The second-order valence-corrected chi connectivity index (χ2v) is 9.69. The van der Waals surface area contributed by atoms with Crippen LogP contribution in [0.3, 0.4) is 0 Å². The summed E-state index contributed by atoms with van der Waals surface area (Å²) in [6.07, 6.45) is 5.63. The van der Waals surface area contributed by atoms with Gasteiger partial charge < -0.3 is 42.2 Å². The number of carboxylic acids is 1. The Hall–Kier alpha value is -3.97. The molecule has 1 aliphatic rings. The SMILES string of the molecule is NCCCCC(NC(=O)C1CCCN1C(=O)C(Cc1ccc(O)cc1)NC(=O)C(N)Cc1cnc[nH]1)C(=O)O. The van der Waals surface area contributed by atoms with Crippen molar-refractivity contribution in [1.82, 2.24) is 25.5 Å². The van der Waals surface area contributed by atoms with Crippen LogP contribution < -0.4 is 22.1 Å². The molecule has 212 valence electrons. The lowest BCUT2D eigenvalue weighted by molar-refractivity contribution is -0.145. The molecule has 0 spiro atoms. The van der Waals surface area contributed by atoms with Gasteiger partial charge >= 0.3 is 5.97 Å². The first-order valence-corrected chi connectivity index (χ1v) is 13.0. The maximum atomic E-state index is 13.7. The second-order valence-electron chi connectivity index (χ2n) is 9.69. The molecule has 3 amide bonds. The number of phenols is 1. The highest BCUT2D eigenvalue weighted by Gasteiger charge is 2.39. The van der Waals surface area contributed by atoms with Crippen LogP contribution in [0.25, 0.3) is 0 Å². The van der Waals surface area contributed by atoms with Crippen molar-refractivity contribution in [2.45, 2.75) is 69.1 Å². The monoisotopic (exact) mass is 543 g/mol. The number of H-pyrrole nitrogens is 1. The van der Waals surface area contributed by atoms with Crippen LogP contribution in [-0.4, -0.2) is 86.0 Å². The summed E-state index contributed by atoms with van der Waals surface area (Å²) in [6, 6.07) is 2.28. The molecule has 13 nitrogen and oxygen atoms in total. The van der Waals surface area contributed by atoms with Gasteiger partial charge in [0.1, 0.15) is 23.9 Å². The molecular formula is C26H37N7O6. The van der Waals surface area contributed by atoms with Crippen molar-refractivity contribution >= 4 is 23.7 Å². The largest absolute Gasteiger partial charge is 0.508 e. The molecule has 4 unspecified atom stereocenters. The summed E-state index contributed by atoms with van der Waals surface area (Å²) >= 11 is 0. The highest BCUT2D eigenvalue weighted by molar-refractivity contribution is 5.94. The number of carbonyl (C=O) groups excluding carboxylic acids is 3. The van der Waals surface area contributed by atoms with Crippen LogP contribution in [0, 0.1) is 0 Å². The minimum atomic E-state index is -1.15. The fraction of sp³-hybridized carbons (Fsp3) is 0.500. The Morgan fingerprint density at radius 2 is 1.85 bits per heavy atom. The van der Waals surface area contributed by atoms with Gasteiger partial charge in [0, 0.05) is 31.3 Å². The number of nitrogens with zero attached hydrogens (tertiary/aromatic N) is 2. The average Bonchev–Trinajstić information content (AvgIpc) is 3.61. The molecule has 1 aromatic heterocycles.